The van der Waals surface area contributed by atoms with Crippen molar-refractivity contribution >= 4 is 0 Å². The molecule has 3 unspecified atom stereocenters. The highest BCUT2D eigenvalue weighted by molar-refractivity contribution is 5.53. The maximum atomic E-state index is 6.19. The summed E-state index contributed by atoms with van der Waals surface area (Å²) in [5.74, 6) is 2.67. The first kappa shape index (κ1) is 24.6. The lowest BCUT2D eigenvalue weighted by atomic mass is 9.55. The summed E-state index contributed by atoms with van der Waals surface area (Å²) >= 11 is 0. The summed E-state index contributed by atoms with van der Waals surface area (Å²) in [7, 11) is 0. The van der Waals surface area contributed by atoms with Crippen LogP contribution in [0, 0.1) is 39.0 Å². The van der Waals surface area contributed by atoms with Crippen LogP contribution in [0.3, 0.4) is 0 Å². The highest BCUT2D eigenvalue weighted by Crippen LogP contribution is 2.54. The molecule has 0 bridgehead atoms. The summed E-state index contributed by atoms with van der Waals surface area (Å²) in [6.07, 6.45) is 4.07. The number of rotatable bonds is 8. The first-order chi connectivity index (χ1) is 16.6. The van der Waals surface area contributed by atoms with E-state index < -0.39 is 0 Å². The van der Waals surface area contributed by atoms with E-state index in [4.69, 9.17) is 18.9 Å². The van der Waals surface area contributed by atoms with Gasteiger partial charge >= 0.3 is 0 Å². The first-order valence-electron chi connectivity index (χ1n) is 13.3. The van der Waals surface area contributed by atoms with Crippen LogP contribution in [0.4, 0.5) is 0 Å². The summed E-state index contributed by atoms with van der Waals surface area (Å²) in [6.45, 7) is 19.0. The minimum atomic E-state index is -0.0392. The molecule has 0 amide bonds. The molecule has 0 aromatic heterocycles. The Labute approximate surface area is 211 Å². The Bertz CT molecular complexity index is 976. The van der Waals surface area contributed by atoms with E-state index in [0.717, 1.165) is 37.6 Å². The molecule has 2 heterocycles. The van der Waals surface area contributed by atoms with E-state index in [1.807, 2.05) is 0 Å². The molecule has 0 spiro atoms. The molecule has 3 fully saturated rings. The molecule has 2 aromatic carbocycles. The van der Waals surface area contributed by atoms with E-state index in [1.165, 1.54) is 39.8 Å². The Morgan fingerprint density at radius 2 is 1.14 bits per heavy atom. The van der Waals surface area contributed by atoms with E-state index in [-0.39, 0.29) is 23.0 Å². The summed E-state index contributed by atoms with van der Waals surface area (Å²) < 4.78 is 23.1. The van der Waals surface area contributed by atoms with Crippen LogP contribution in [0.15, 0.2) is 24.3 Å². The molecule has 1 saturated carbocycles. The highest BCUT2D eigenvalue weighted by Gasteiger charge is 2.46. The van der Waals surface area contributed by atoms with Crippen molar-refractivity contribution in [2.24, 2.45) is 11.3 Å². The van der Waals surface area contributed by atoms with Gasteiger partial charge in [0.15, 0.2) is 0 Å². The van der Waals surface area contributed by atoms with Crippen molar-refractivity contribution in [3.05, 3.63) is 57.6 Å². The van der Waals surface area contributed by atoms with E-state index >= 15 is 0 Å². The topological polar surface area (TPSA) is 43.5 Å². The molecule has 4 nitrogen and oxygen atoms in total. The van der Waals surface area contributed by atoms with E-state index in [2.05, 4.69) is 72.7 Å². The molecule has 3 aliphatic rings. The molecule has 0 radical (unpaired) electrons. The van der Waals surface area contributed by atoms with Crippen LogP contribution >= 0.6 is 0 Å². The van der Waals surface area contributed by atoms with Crippen molar-refractivity contribution in [1.29, 1.82) is 0 Å². The molecule has 2 aromatic rings. The van der Waals surface area contributed by atoms with Crippen molar-refractivity contribution in [2.75, 3.05) is 26.4 Å². The van der Waals surface area contributed by atoms with E-state index in [1.54, 1.807) is 0 Å². The zero-order chi connectivity index (χ0) is 25.0. The SMILES string of the molecule is Cc1cc(C2(c3cc(C)c(OCC4CO4)c(C)c3)CC(C)CC(C)(C)C2)cc(C)c1OCC1CO1. The van der Waals surface area contributed by atoms with Gasteiger partial charge in [-0.3, -0.25) is 0 Å². The molecule has 4 heteroatoms. The molecular weight excluding hydrogens is 436 g/mol. The fourth-order valence-corrected chi connectivity index (χ4v) is 6.77. The first-order valence-corrected chi connectivity index (χ1v) is 13.3. The average Bonchev–Trinajstić information content (AvgIpc) is 3.66. The lowest BCUT2D eigenvalue weighted by Crippen LogP contribution is -2.41. The molecule has 2 saturated heterocycles. The van der Waals surface area contributed by atoms with Crippen LogP contribution < -0.4 is 9.47 Å². The van der Waals surface area contributed by atoms with E-state index in [0.29, 0.717) is 19.1 Å². The standard InChI is InChI=1S/C31H42O4/c1-19-12-30(6,7)18-31(13-19,24-8-20(2)28(21(3)9-24)34-16-26-14-32-26)25-10-22(4)29(23(5)11-25)35-17-27-15-33-27/h8-11,19,26-27H,12-18H2,1-7H3. The zero-order valence-corrected chi connectivity index (χ0v) is 22.6. The Morgan fingerprint density at radius 3 is 1.49 bits per heavy atom. The number of benzene rings is 2. The zero-order valence-electron chi connectivity index (χ0n) is 22.6. The molecule has 1 aliphatic carbocycles. The number of aryl methyl sites for hydroxylation is 4. The third-order valence-corrected chi connectivity index (χ3v) is 8.04. The van der Waals surface area contributed by atoms with Crippen LogP contribution in [0.25, 0.3) is 0 Å². The summed E-state index contributed by atoms with van der Waals surface area (Å²) in [6, 6.07) is 9.57. The second kappa shape index (κ2) is 9.12. The van der Waals surface area contributed by atoms with Crippen molar-refractivity contribution in [1.82, 2.24) is 0 Å². The number of ether oxygens (including phenoxy) is 4. The maximum absolute atomic E-state index is 6.19. The number of hydrogen-bond acceptors (Lipinski definition) is 4. The normalized spacial score (nSPS) is 29.1. The average molecular weight is 479 g/mol. The number of epoxide rings is 2. The number of hydrogen-bond donors (Lipinski definition) is 0. The van der Waals surface area contributed by atoms with Crippen molar-refractivity contribution in [3.63, 3.8) is 0 Å². The summed E-state index contributed by atoms with van der Waals surface area (Å²) in [5.41, 5.74) is 7.92. The molecule has 3 atom stereocenters. The van der Waals surface area contributed by atoms with Crippen molar-refractivity contribution < 1.29 is 18.9 Å². The lowest BCUT2D eigenvalue weighted by molar-refractivity contribution is 0.126. The third-order valence-electron chi connectivity index (χ3n) is 8.04. The Kier molecular flexibility index (Phi) is 6.42. The molecule has 5 rings (SSSR count). The smallest absolute Gasteiger partial charge is 0.125 e. The van der Waals surface area contributed by atoms with E-state index in [9.17, 15) is 0 Å². The van der Waals surface area contributed by atoms with Gasteiger partial charge in [-0.25, -0.2) is 0 Å². The third kappa shape index (κ3) is 5.24. The lowest BCUT2D eigenvalue weighted by Gasteiger charge is -2.49. The Morgan fingerprint density at radius 1 is 0.743 bits per heavy atom. The second-order valence-electron chi connectivity index (χ2n) is 12.3. The molecule has 35 heavy (non-hydrogen) atoms. The fraction of sp³-hybridized carbons (Fsp3) is 0.613. The summed E-state index contributed by atoms with van der Waals surface area (Å²) in [5, 5.41) is 0. The highest BCUT2D eigenvalue weighted by atomic mass is 16.6. The van der Waals surface area contributed by atoms with Crippen molar-refractivity contribution in [3.8, 4) is 11.5 Å². The van der Waals surface area contributed by atoms with Gasteiger partial charge in [0.05, 0.1) is 13.2 Å². The summed E-state index contributed by atoms with van der Waals surface area (Å²) in [4.78, 5) is 0. The quantitative estimate of drug-likeness (QED) is 0.401. The van der Waals surface area contributed by atoms with Gasteiger partial charge < -0.3 is 18.9 Å². The Balaban J connectivity index is 1.57. The van der Waals surface area contributed by atoms with Crippen LogP contribution in [0.2, 0.25) is 0 Å². The largest absolute Gasteiger partial charge is 0.490 e. The van der Waals surface area contributed by atoms with Gasteiger partial charge in [-0.2, -0.15) is 0 Å². The van der Waals surface area contributed by atoms with Crippen LogP contribution in [-0.4, -0.2) is 38.6 Å². The van der Waals surface area contributed by atoms with Gasteiger partial charge in [0, 0.05) is 5.41 Å². The predicted molar refractivity (Wildman–Crippen MR) is 140 cm³/mol. The fourth-order valence-electron chi connectivity index (χ4n) is 6.77. The van der Waals surface area contributed by atoms with Crippen LogP contribution in [0.1, 0.15) is 73.4 Å². The van der Waals surface area contributed by atoms with Gasteiger partial charge in [0.2, 0.25) is 0 Å². The maximum Gasteiger partial charge on any atom is 0.125 e. The van der Waals surface area contributed by atoms with Crippen LogP contribution in [-0.2, 0) is 14.9 Å². The minimum Gasteiger partial charge on any atom is -0.490 e. The van der Waals surface area contributed by atoms with Gasteiger partial charge in [0.1, 0.15) is 36.9 Å². The van der Waals surface area contributed by atoms with Crippen molar-refractivity contribution in [2.45, 2.75) is 85.4 Å². The van der Waals surface area contributed by atoms with Gasteiger partial charge in [-0.05, 0) is 91.7 Å². The molecular formula is C31H42O4. The second-order valence-corrected chi connectivity index (χ2v) is 12.3. The van der Waals surface area contributed by atoms with Gasteiger partial charge in [-0.1, -0.05) is 45.0 Å². The Hall–Kier alpha value is -2.04. The van der Waals surface area contributed by atoms with Gasteiger partial charge in [-0.15, -0.1) is 0 Å². The van der Waals surface area contributed by atoms with Crippen LogP contribution in [0.5, 0.6) is 11.5 Å². The van der Waals surface area contributed by atoms with Gasteiger partial charge in [0.25, 0.3) is 0 Å². The molecule has 190 valence electrons. The monoisotopic (exact) mass is 478 g/mol. The molecule has 2 aliphatic heterocycles. The molecule has 0 N–H and O–H groups in total. The predicted octanol–water partition coefficient (Wildman–Crippen LogP) is 6.61. The minimum absolute atomic E-state index is 0.0392.